The molecule has 0 saturated carbocycles. The number of aryl methyl sites for hydroxylation is 1. The highest BCUT2D eigenvalue weighted by Gasteiger charge is 2.12. The minimum Gasteiger partial charge on any atom is -0.496 e. The lowest BCUT2D eigenvalue weighted by Gasteiger charge is -2.03. The summed E-state index contributed by atoms with van der Waals surface area (Å²) in [5.74, 6) is 1.52. The van der Waals surface area contributed by atoms with E-state index in [0.717, 1.165) is 33.4 Å². The van der Waals surface area contributed by atoms with E-state index in [1.807, 2.05) is 30.3 Å². The van der Waals surface area contributed by atoms with Crippen LogP contribution in [0, 0.1) is 6.92 Å². The van der Waals surface area contributed by atoms with Crippen molar-refractivity contribution >= 4 is 26.7 Å². The molecule has 0 spiro atoms. The van der Waals surface area contributed by atoms with Crippen LogP contribution in [0.5, 0.6) is 5.75 Å². The zero-order chi connectivity index (χ0) is 17.2. The zero-order valence-corrected chi connectivity index (χ0v) is 14.8. The Kier molecular flexibility index (Phi) is 4.11. The fraction of sp³-hybridized carbons (Fsp3) is 0.158. The Balaban J connectivity index is 1.52. The minimum atomic E-state index is 0.529. The summed E-state index contributed by atoms with van der Waals surface area (Å²) in [5, 5.41) is 8.34. The Morgan fingerprint density at radius 1 is 1.16 bits per heavy atom. The lowest BCUT2D eigenvalue weighted by molar-refractivity contribution is 0.388. The Hall–Kier alpha value is -2.86. The molecule has 0 saturated heterocycles. The van der Waals surface area contributed by atoms with Gasteiger partial charge in [0, 0.05) is 11.6 Å². The summed E-state index contributed by atoms with van der Waals surface area (Å²) in [7, 11) is 1.65. The molecule has 2 aromatic carbocycles. The van der Waals surface area contributed by atoms with Crippen LogP contribution in [0.3, 0.4) is 0 Å². The largest absolute Gasteiger partial charge is 0.496 e. The highest BCUT2D eigenvalue weighted by molar-refractivity contribution is 7.22. The third-order valence-electron chi connectivity index (χ3n) is 3.98. The summed E-state index contributed by atoms with van der Waals surface area (Å²) in [6, 6.07) is 15.9. The van der Waals surface area contributed by atoms with E-state index < -0.39 is 0 Å². The van der Waals surface area contributed by atoms with Crippen molar-refractivity contribution in [2.45, 2.75) is 13.5 Å². The van der Waals surface area contributed by atoms with E-state index in [1.54, 1.807) is 18.4 Å². The molecule has 0 bridgehead atoms. The van der Waals surface area contributed by atoms with E-state index in [2.05, 4.69) is 40.6 Å². The molecule has 0 amide bonds. The Morgan fingerprint density at radius 3 is 2.88 bits per heavy atom. The number of methoxy groups -OCH3 is 1. The fourth-order valence-corrected chi connectivity index (χ4v) is 3.64. The van der Waals surface area contributed by atoms with E-state index in [0.29, 0.717) is 6.54 Å². The van der Waals surface area contributed by atoms with Crippen molar-refractivity contribution in [1.29, 1.82) is 0 Å². The second-order valence-electron chi connectivity index (χ2n) is 5.67. The van der Waals surface area contributed by atoms with Crippen molar-refractivity contribution in [1.82, 2.24) is 10.1 Å². The smallest absolute Gasteiger partial charge is 0.184 e. The van der Waals surface area contributed by atoms with Crippen molar-refractivity contribution in [2.24, 2.45) is 0 Å². The zero-order valence-electron chi connectivity index (χ0n) is 13.9. The second-order valence-corrected chi connectivity index (χ2v) is 6.70. The van der Waals surface area contributed by atoms with Crippen molar-refractivity contribution < 1.29 is 9.26 Å². The van der Waals surface area contributed by atoms with Crippen molar-refractivity contribution in [3.63, 3.8) is 0 Å². The molecular weight excluding hydrogens is 334 g/mol. The van der Waals surface area contributed by atoms with E-state index in [9.17, 15) is 0 Å². The van der Waals surface area contributed by atoms with E-state index in [-0.39, 0.29) is 0 Å². The molecule has 0 unspecified atom stereocenters. The van der Waals surface area contributed by atoms with Gasteiger partial charge in [-0.25, -0.2) is 4.98 Å². The number of nitrogens with one attached hydrogen (secondary N) is 1. The molecule has 0 aliphatic rings. The summed E-state index contributed by atoms with van der Waals surface area (Å²) in [5.41, 5.74) is 3.90. The number of nitrogens with zero attached hydrogens (tertiary/aromatic N) is 2. The Bertz CT molecular complexity index is 1020. The number of anilines is 1. The predicted octanol–water partition coefficient (Wildman–Crippen LogP) is 4.88. The van der Waals surface area contributed by atoms with Gasteiger partial charge in [-0.1, -0.05) is 40.8 Å². The molecule has 25 heavy (non-hydrogen) atoms. The predicted molar refractivity (Wildman–Crippen MR) is 100 cm³/mol. The lowest BCUT2D eigenvalue weighted by Crippen LogP contribution is -1.97. The molecular formula is C19H17N3O2S. The molecule has 1 N–H and O–H groups in total. The van der Waals surface area contributed by atoms with Crippen LogP contribution in [0.15, 0.2) is 53.1 Å². The molecule has 5 nitrogen and oxygen atoms in total. The summed E-state index contributed by atoms with van der Waals surface area (Å²) < 4.78 is 12.0. The lowest BCUT2D eigenvalue weighted by atomic mass is 10.1. The number of thiazole rings is 1. The molecule has 0 aliphatic carbocycles. The Morgan fingerprint density at radius 2 is 2.04 bits per heavy atom. The maximum Gasteiger partial charge on any atom is 0.184 e. The summed E-state index contributed by atoms with van der Waals surface area (Å²) in [6.45, 7) is 2.60. The van der Waals surface area contributed by atoms with Gasteiger partial charge < -0.3 is 14.6 Å². The van der Waals surface area contributed by atoms with Crippen LogP contribution >= 0.6 is 11.3 Å². The van der Waals surface area contributed by atoms with Gasteiger partial charge in [0.25, 0.3) is 0 Å². The van der Waals surface area contributed by atoms with Crippen LogP contribution in [0.1, 0.15) is 11.3 Å². The number of rotatable bonds is 5. The summed E-state index contributed by atoms with van der Waals surface area (Å²) in [6.07, 6.45) is 0. The van der Waals surface area contributed by atoms with E-state index in [1.165, 1.54) is 10.3 Å². The molecule has 4 aromatic rings. The van der Waals surface area contributed by atoms with Crippen LogP contribution in [-0.4, -0.2) is 17.3 Å². The molecule has 4 rings (SSSR count). The van der Waals surface area contributed by atoms with Gasteiger partial charge in [-0.3, -0.25) is 0 Å². The maximum absolute atomic E-state index is 5.45. The van der Waals surface area contributed by atoms with Crippen LogP contribution < -0.4 is 10.1 Å². The van der Waals surface area contributed by atoms with Crippen LogP contribution in [-0.2, 0) is 6.54 Å². The van der Waals surface area contributed by atoms with Gasteiger partial charge in [-0.2, -0.15) is 0 Å². The van der Waals surface area contributed by atoms with E-state index >= 15 is 0 Å². The first-order chi connectivity index (χ1) is 12.2. The second kappa shape index (κ2) is 6.57. The molecule has 0 atom stereocenters. The quantitative estimate of drug-likeness (QED) is 0.555. The Labute approximate surface area is 149 Å². The third-order valence-corrected chi connectivity index (χ3v) is 4.95. The van der Waals surface area contributed by atoms with Gasteiger partial charge in [-0.15, -0.1) is 0 Å². The minimum absolute atomic E-state index is 0.529. The number of hydrogen-bond acceptors (Lipinski definition) is 6. The number of ether oxygens (including phenoxy) is 1. The van der Waals surface area contributed by atoms with Gasteiger partial charge in [0.2, 0.25) is 0 Å². The van der Waals surface area contributed by atoms with Gasteiger partial charge in [-0.05, 0) is 30.7 Å². The molecule has 0 fully saturated rings. The van der Waals surface area contributed by atoms with Gasteiger partial charge in [0.15, 0.2) is 10.9 Å². The number of hydrogen-bond donors (Lipinski definition) is 1. The number of aromatic nitrogens is 2. The van der Waals surface area contributed by atoms with Crippen LogP contribution in [0.4, 0.5) is 5.13 Å². The standard InChI is InChI=1S/C19H17N3O2S/c1-12-6-5-9-17-18(12)21-19(25-17)20-11-13-10-15(22-24-13)14-7-3-4-8-16(14)23-2/h3-10H,11H2,1-2H3,(H,20,21). The molecule has 2 heterocycles. The first-order valence-corrected chi connectivity index (χ1v) is 8.75. The van der Waals surface area contributed by atoms with E-state index in [4.69, 9.17) is 9.26 Å². The molecule has 126 valence electrons. The monoisotopic (exact) mass is 351 g/mol. The topological polar surface area (TPSA) is 60.2 Å². The molecule has 2 aromatic heterocycles. The number of para-hydroxylation sites is 2. The highest BCUT2D eigenvalue weighted by atomic mass is 32.1. The van der Waals surface area contributed by atoms with Gasteiger partial charge in [0.05, 0.1) is 23.9 Å². The first-order valence-electron chi connectivity index (χ1n) is 7.93. The van der Waals surface area contributed by atoms with Crippen molar-refractivity contribution in [2.75, 3.05) is 12.4 Å². The normalized spacial score (nSPS) is 11.0. The summed E-state index contributed by atoms with van der Waals surface area (Å²) in [4.78, 5) is 4.65. The average Bonchev–Trinajstić information content (AvgIpc) is 3.27. The number of benzene rings is 2. The molecule has 0 radical (unpaired) electrons. The maximum atomic E-state index is 5.45. The highest BCUT2D eigenvalue weighted by Crippen LogP contribution is 2.30. The van der Waals surface area contributed by atoms with Crippen LogP contribution in [0.25, 0.3) is 21.5 Å². The first kappa shape index (κ1) is 15.7. The molecule has 6 heteroatoms. The fourth-order valence-electron chi connectivity index (χ4n) is 2.70. The third kappa shape index (κ3) is 3.08. The van der Waals surface area contributed by atoms with Gasteiger partial charge in [0.1, 0.15) is 11.4 Å². The SMILES string of the molecule is COc1ccccc1-c1cc(CNc2nc3c(C)cccc3s2)on1. The molecule has 0 aliphatic heterocycles. The number of fused-ring (bicyclic) bond motifs is 1. The average molecular weight is 351 g/mol. The van der Waals surface area contributed by atoms with Crippen molar-refractivity contribution in [3.8, 4) is 17.0 Å². The van der Waals surface area contributed by atoms with Crippen molar-refractivity contribution in [3.05, 3.63) is 59.9 Å². The summed E-state index contributed by atoms with van der Waals surface area (Å²) >= 11 is 1.64. The van der Waals surface area contributed by atoms with Crippen LogP contribution in [0.2, 0.25) is 0 Å². The van der Waals surface area contributed by atoms with Gasteiger partial charge >= 0.3 is 0 Å².